The van der Waals surface area contributed by atoms with E-state index in [0.29, 0.717) is 12.2 Å². The number of benzene rings is 1. The first-order chi connectivity index (χ1) is 12.6. The highest BCUT2D eigenvalue weighted by Crippen LogP contribution is 2.41. The minimum atomic E-state index is -0.229. The van der Waals surface area contributed by atoms with Gasteiger partial charge in [0.2, 0.25) is 0 Å². The molecule has 3 fully saturated rings. The normalized spacial score (nSPS) is 29.7. The van der Waals surface area contributed by atoms with Crippen molar-refractivity contribution in [1.29, 1.82) is 0 Å². The molecule has 0 aromatic heterocycles. The molecule has 1 saturated carbocycles. The monoisotopic (exact) mass is 354 g/mol. The minimum absolute atomic E-state index is 0.229. The van der Waals surface area contributed by atoms with E-state index in [9.17, 15) is 4.79 Å². The number of ketones is 1. The largest absolute Gasteiger partial charge is 0.358 e. The summed E-state index contributed by atoms with van der Waals surface area (Å²) in [5.41, 5.74) is 0.997. The summed E-state index contributed by atoms with van der Waals surface area (Å²) in [6.07, 6.45) is 8.21. The zero-order valence-electron chi connectivity index (χ0n) is 16.5. The Hall–Kier alpha value is -1.35. The SMILES string of the molecule is CC(C)[C@H]1CC[C@@H](N2CCC3(CC2)C(=O)CCN3c2ccccc2)CC1. The standard InChI is InChI=1S/C23H34N2O/c1-18(2)19-8-10-20(11-9-19)24-16-13-23(14-17-24)22(26)12-15-25(23)21-6-4-3-5-7-21/h3-7,18-20H,8-17H2,1-2H3/t19-,20+. The number of piperidine rings is 1. The molecule has 2 heterocycles. The third-order valence-electron chi connectivity index (χ3n) is 7.49. The fourth-order valence-corrected chi connectivity index (χ4v) is 5.74. The van der Waals surface area contributed by atoms with Crippen molar-refractivity contribution in [3.63, 3.8) is 0 Å². The third-order valence-corrected chi connectivity index (χ3v) is 7.49. The highest BCUT2D eigenvalue weighted by Gasteiger charge is 2.50. The maximum absolute atomic E-state index is 12.9. The number of likely N-dealkylation sites (tertiary alicyclic amines) is 1. The lowest BCUT2D eigenvalue weighted by molar-refractivity contribution is -0.123. The number of hydrogen-bond acceptors (Lipinski definition) is 3. The molecule has 26 heavy (non-hydrogen) atoms. The van der Waals surface area contributed by atoms with E-state index in [-0.39, 0.29) is 5.54 Å². The number of para-hydroxylation sites is 1. The average molecular weight is 355 g/mol. The number of hydrogen-bond donors (Lipinski definition) is 0. The first kappa shape index (κ1) is 18.0. The number of rotatable bonds is 3. The van der Waals surface area contributed by atoms with Gasteiger partial charge in [0.15, 0.2) is 5.78 Å². The van der Waals surface area contributed by atoms with E-state index in [0.717, 1.165) is 50.4 Å². The van der Waals surface area contributed by atoms with Crippen LogP contribution in [0.3, 0.4) is 0 Å². The fraction of sp³-hybridized carbons (Fsp3) is 0.696. The quantitative estimate of drug-likeness (QED) is 0.797. The molecular weight excluding hydrogens is 320 g/mol. The van der Waals surface area contributed by atoms with E-state index < -0.39 is 0 Å². The molecule has 0 amide bonds. The van der Waals surface area contributed by atoms with E-state index in [1.165, 1.54) is 31.4 Å². The van der Waals surface area contributed by atoms with Gasteiger partial charge in [0.05, 0.1) is 0 Å². The van der Waals surface area contributed by atoms with Gasteiger partial charge in [-0.3, -0.25) is 4.79 Å². The lowest BCUT2D eigenvalue weighted by atomic mass is 9.77. The number of carbonyl (C=O) groups excluding carboxylic acids is 1. The number of carbonyl (C=O) groups is 1. The molecule has 0 bridgehead atoms. The Kier molecular flexibility index (Phi) is 5.09. The Morgan fingerprint density at radius 3 is 2.23 bits per heavy atom. The van der Waals surface area contributed by atoms with Crippen LogP contribution < -0.4 is 4.90 Å². The fourth-order valence-electron chi connectivity index (χ4n) is 5.74. The summed E-state index contributed by atoms with van der Waals surface area (Å²) < 4.78 is 0. The van der Waals surface area contributed by atoms with Crippen LogP contribution in [0.4, 0.5) is 5.69 Å². The maximum atomic E-state index is 12.9. The predicted molar refractivity (Wildman–Crippen MR) is 108 cm³/mol. The molecule has 1 spiro atoms. The molecule has 0 radical (unpaired) electrons. The number of Topliss-reactive ketones (excluding diaryl/α,β-unsaturated/α-hetero) is 1. The Balaban J connectivity index is 1.41. The summed E-state index contributed by atoms with van der Waals surface area (Å²) in [5, 5.41) is 0. The summed E-state index contributed by atoms with van der Waals surface area (Å²) in [6.45, 7) is 7.82. The van der Waals surface area contributed by atoms with Crippen molar-refractivity contribution >= 4 is 11.5 Å². The third kappa shape index (κ3) is 3.19. The van der Waals surface area contributed by atoms with Crippen molar-refractivity contribution in [2.45, 2.75) is 70.4 Å². The van der Waals surface area contributed by atoms with Crippen LogP contribution in [0.5, 0.6) is 0 Å². The first-order valence-corrected chi connectivity index (χ1v) is 10.7. The molecule has 142 valence electrons. The highest BCUT2D eigenvalue weighted by atomic mass is 16.1. The van der Waals surface area contributed by atoms with Crippen LogP contribution in [0.25, 0.3) is 0 Å². The molecule has 3 nitrogen and oxygen atoms in total. The molecule has 3 aliphatic rings. The van der Waals surface area contributed by atoms with Gasteiger partial charge in [-0.15, -0.1) is 0 Å². The van der Waals surface area contributed by atoms with Gasteiger partial charge in [0.1, 0.15) is 5.54 Å². The summed E-state index contributed by atoms with van der Waals surface area (Å²) in [7, 11) is 0. The van der Waals surface area contributed by atoms with Crippen molar-refractivity contribution in [2.24, 2.45) is 11.8 Å². The van der Waals surface area contributed by atoms with E-state index in [1.807, 2.05) is 0 Å². The van der Waals surface area contributed by atoms with E-state index in [4.69, 9.17) is 0 Å². The second-order valence-corrected chi connectivity index (χ2v) is 9.04. The molecule has 2 saturated heterocycles. The summed E-state index contributed by atoms with van der Waals surface area (Å²) >= 11 is 0. The molecule has 2 aliphatic heterocycles. The second kappa shape index (κ2) is 7.34. The smallest absolute Gasteiger partial charge is 0.160 e. The second-order valence-electron chi connectivity index (χ2n) is 9.04. The van der Waals surface area contributed by atoms with Crippen LogP contribution in [0.2, 0.25) is 0 Å². The zero-order valence-corrected chi connectivity index (χ0v) is 16.5. The van der Waals surface area contributed by atoms with E-state index in [2.05, 4.69) is 54.0 Å². The van der Waals surface area contributed by atoms with Crippen LogP contribution in [-0.4, -0.2) is 41.9 Å². The van der Waals surface area contributed by atoms with Gasteiger partial charge in [-0.05, 0) is 62.5 Å². The van der Waals surface area contributed by atoms with E-state index >= 15 is 0 Å². The van der Waals surface area contributed by atoms with Gasteiger partial charge in [-0.25, -0.2) is 0 Å². The van der Waals surface area contributed by atoms with Crippen molar-refractivity contribution < 1.29 is 4.79 Å². The average Bonchev–Trinajstić information content (AvgIpc) is 2.99. The molecule has 1 aromatic rings. The Labute approximate surface area is 158 Å². The topological polar surface area (TPSA) is 23.6 Å². The molecule has 0 unspecified atom stereocenters. The van der Waals surface area contributed by atoms with Gasteiger partial charge in [-0.1, -0.05) is 32.0 Å². The minimum Gasteiger partial charge on any atom is -0.358 e. The number of nitrogens with zero attached hydrogens (tertiary/aromatic N) is 2. The van der Waals surface area contributed by atoms with Gasteiger partial charge >= 0.3 is 0 Å². The van der Waals surface area contributed by atoms with Crippen LogP contribution in [-0.2, 0) is 4.79 Å². The summed E-state index contributed by atoms with van der Waals surface area (Å²) in [6, 6.07) is 11.3. The van der Waals surface area contributed by atoms with Crippen LogP contribution in [0, 0.1) is 11.8 Å². The highest BCUT2D eigenvalue weighted by molar-refractivity contribution is 5.95. The lowest BCUT2D eigenvalue weighted by Gasteiger charge is -2.48. The van der Waals surface area contributed by atoms with Crippen molar-refractivity contribution in [1.82, 2.24) is 4.90 Å². The molecule has 4 rings (SSSR count). The molecule has 1 aliphatic carbocycles. The van der Waals surface area contributed by atoms with Crippen molar-refractivity contribution in [2.75, 3.05) is 24.5 Å². The van der Waals surface area contributed by atoms with Gasteiger partial charge < -0.3 is 9.80 Å². The first-order valence-electron chi connectivity index (χ1n) is 10.7. The molecule has 3 heteroatoms. The zero-order chi connectivity index (χ0) is 18.1. The molecule has 0 N–H and O–H groups in total. The molecule has 0 atom stereocenters. The number of anilines is 1. The summed E-state index contributed by atoms with van der Waals surface area (Å²) in [5.74, 6) is 2.23. The van der Waals surface area contributed by atoms with E-state index in [1.54, 1.807) is 0 Å². The predicted octanol–water partition coefficient (Wildman–Crippen LogP) is 4.52. The van der Waals surface area contributed by atoms with Gasteiger partial charge in [0.25, 0.3) is 0 Å². The van der Waals surface area contributed by atoms with Crippen LogP contribution in [0.1, 0.15) is 58.8 Å². The van der Waals surface area contributed by atoms with Crippen molar-refractivity contribution in [3.05, 3.63) is 30.3 Å². The van der Waals surface area contributed by atoms with Crippen LogP contribution >= 0.6 is 0 Å². The van der Waals surface area contributed by atoms with Crippen LogP contribution in [0.15, 0.2) is 30.3 Å². The maximum Gasteiger partial charge on any atom is 0.160 e. The Bertz CT molecular complexity index is 610. The van der Waals surface area contributed by atoms with Gasteiger partial charge in [-0.2, -0.15) is 0 Å². The van der Waals surface area contributed by atoms with Gasteiger partial charge in [0, 0.05) is 37.8 Å². The Morgan fingerprint density at radius 2 is 1.62 bits per heavy atom. The lowest BCUT2D eigenvalue weighted by Crippen LogP contribution is -2.57. The summed E-state index contributed by atoms with van der Waals surface area (Å²) in [4.78, 5) is 18.0. The molecular formula is C23H34N2O. The Morgan fingerprint density at radius 1 is 0.962 bits per heavy atom. The molecule has 1 aromatic carbocycles. The van der Waals surface area contributed by atoms with Crippen molar-refractivity contribution in [3.8, 4) is 0 Å².